The molecule has 0 aromatic carbocycles. The lowest BCUT2D eigenvalue weighted by molar-refractivity contribution is 0.240. The van der Waals surface area contributed by atoms with Crippen molar-refractivity contribution in [3.8, 4) is 0 Å². The second-order valence-corrected chi connectivity index (χ2v) is 5.23. The molecule has 2 heteroatoms. The second kappa shape index (κ2) is 6.15. The zero-order chi connectivity index (χ0) is 12.1. The Balaban J connectivity index is 1.95. The quantitative estimate of drug-likeness (QED) is 0.856. The normalized spacial score (nSPS) is 26.7. The smallest absolute Gasteiger partial charge is 0.0315 e. The summed E-state index contributed by atoms with van der Waals surface area (Å²) >= 11 is 0. The molecule has 1 N–H and O–H groups in total. The van der Waals surface area contributed by atoms with E-state index >= 15 is 0 Å². The van der Waals surface area contributed by atoms with Gasteiger partial charge in [0, 0.05) is 24.5 Å². The topological polar surface area (TPSA) is 24.9 Å². The first-order valence-corrected chi connectivity index (χ1v) is 6.97. The second-order valence-electron chi connectivity index (χ2n) is 5.23. The van der Waals surface area contributed by atoms with E-state index in [0.29, 0.717) is 12.1 Å². The summed E-state index contributed by atoms with van der Waals surface area (Å²) in [5.41, 5.74) is 1.30. The van der Waals surface area contributed by atoms with Gasteiger partial charge in [-0.15, -0.1) is 0 Å². The van der Waals surface area contributed by atoms with Gasteiger partial charge in [0.2, 0.25) is 0 Å². The molecule has 94 valence electrons. The number of rotatable bonds is 4. The number of aromatic nitrogens is 1. The average molecular weight is 232 g/mol. The largest absolute Gasteiger partial charge is 0.307 e. The van der Waals surface area contributed by atoms with Crippen LogP contribution in [0.25, 0.3) is 0 Å². The molecule has 17 heavy (non-hydrogen) atoms. The zero-order valence-corrected chi connectivity index (χ0v) is 11.0. The summed E-state index contributed by atoms with van der Waals surface area (Å²) in [6.07, 6.45) is 10.6. The molecule has 0 aliphatic heterocycles. The van der Waals surface area contributed by atoms with Gasteiger partial charge in [-0.05, 0) is 37.3 Å². The van der Waals surface area contributed by atoms with Crippen molar-refractivity contribution >= 4 is 0 Å². The predicted molar refractivity (Wildman–Crippen MR) is 71.8 cm³/mol. The van der Waals surface area contributed by atoms with Crippen molar-refractivity contribution in [1.82, 2.24) is 10.3 Å². The highest BCUT2D eigenvalue weighted by Gasteiger charge is 2.24. The van der Waals surface area contributed by atoms with Crippen LogP contribution in [0, 0.1) is 5.92 Å². The fourth-order valence-electron chi connectivity index (χ4n) is 2.97. The van der Waals surface area contributed by atoms with E-state index in [1.54, 1.807) is 0 Å². The lowest BCUT2D eigenvalue weighted by Gasteiger charge is -2.34. The molecule has 0 radical (unpaired) electrons. The Morgan fingerprint density at radius 3 is 2.94 bits per heavy atom. The van der Waals surface area contributed by atoms with Crippen molar-refractivity contribution in [2.45, 2.75) is 58.0 Å². The fourth-order valence-corrected chi connectivity index (χ4v) is 2.97. The Hall–Kier alpha value is -0.890. The van der Waals surface area contributed by atoms with Gasteiger partial charge < -0.3 is 5.32 Å². The molecular weight excluding hydrogens is 208 g/mol. The van der Waals surface area contributed by atoms with Crippen LogP contribution in [0.3, 0.4) is 0 Å². The Kier molecular flexibility index (Phi) is 4.55. The van der Waals surface area contributed by atoms with Crippen LogP contribution in [0.15, 0.2) is 24.5 Å². The standard InChI is InChI=1S/C15H24N2/c1-3-13-7-4-5-9-15(13)17-12(2)14-8-6-10-16-11-14/h6,8,10-13,15,17H,3-5,7,9H2,1-2H3. The SMILES string of the molecule is CCC1CCCCC1NC(C)c1cccnc1. The van der Waals surface area contributed by atoms with Gasteiger partial charge in [-0.1, -0.05) is 32.3 Å². The van der Waals surface area contributed by atoms with E-state index in [2.05, 4.69) is 30.2 Å². The van der Waals surface area contributed by atoms with Crippen LogP contribution < -0.4 is 5.32 Å². The van der Waals surface area contributed by atoms with Crippen molar-refractivity contribution in [3.63, 3.8) is 0 Å². The van der Waals surface area contributed by atoms with Crippen molar-refractivity contribution in [1.29, 1.82) is 0 Å². The van der Waals surface area contributed by atoms with E-state index in [1.807, 2.05) is 18.5 Å². The zero-order valence-electron chi connectivity index (χ0n) is 11.0. The summed E-state index contributed by atoms with van der Waals surface area (Å²) in [7, 11) is 0. The minimum absolute atomic E-state index is 0.417. The third-order valence-corrected chi connectivity index (χ3v) is 4.08. The van der Waals surface area contributed by atoms with Crippen LogP contribution in [-0.4, -0.2) is 11.0 Å². The predicted octanol–water partition coefficient (Wildman–Crippen LogP) is 3.70. The van der Waals surface area contributed by atoms with Gasteiger partial charge in [-0.2, -0.15) is 0 Å². The van der Waals surface area contributed by atoms with Crippen molar-refractivity contribution in [3.05, 3.63) is 30.1 Å². The van der Waals surface area contributed by atoms with Crippen LogP contribution in [0.1, 0.15) is 57.6 Å². The van der Waals surface area contributed by atoms with E-state index in [4.69, 9.17) is 0 Å². The molecule has 1 saturated carbocycles. The molecule has 1 aromatic rings. The summed E-state index contributed by atoms with van der Waals surface area (Å²) in [5, 5.41) is 3.80. The number of hydrogen-bond acceptors (Lipinski definition) is 2. The molecular formula is C15H24N2. The highest BCUT2D eigenvalue weighted by atomic mass is 15.0. The minimum atomic E-state index is 0.417. The Morgan fingerprint density at radius 1 is 1.41 bits per heavy atom. The van der Waals surface area contributed by atoms with Crippen LogP contribution in [0.5, 0.6) is 0 Å². The van der Waals surface area contributed by atoms with E-state index in [-0.39, 0.29) is 0 Å². The summed E-state index contributed by atoms with van der Waals surface area (Å²) in [6.45, 7) is 4.57. The number of hydrogen-bond donors (Lipinski definition) is 1. The van der Waals surface area contributed by atoms with Gasteiger partial charge >= 0.3 is 0 Å². The Morgan fingerprint density at radius 2 is 2.24 bits per heavy atom. The van der Waals surface area contributed by atoms with E-state index in [1.165, 1.54) is 37.7 Å². The Labute approximate surface area is 105 Å². The van der Waals surface area contributed by atoms with Gasteiger partial charge in [0.15, 0.2) is 0 Å². The maximum absolute atomic E-state index is 4.20. The molecule has 1 fully saturated rings. The molecule has 1 aromatic heterocycles. The highest BCUT2D eigenvalue weighted by Crippen LogP contribution is 2.28. The van der Waals surface area contributed by atoms with Crippen molar-refractivity contribution in [2.24, 2.45) is 5.92 Å². The molecule has 1 heterocycles. The van der Waals surface area contributed by atoms with Crippen molar-refractivity contribution in [2.75, 3.05) is 0 Å². The molecule has 1 aliphatic rings. The van der Waals surface area contributed by atoms with Crippen LogP contribution in [0.2, 0.25) is 0 Å². The number of nitrogens with zero attached hydrogens (tertiary/aromatic N) is 1. The van der Waals surface area contributed by atoms with E-state index < -0.39 is 0 Å². The molecule has 3 unspecified atom stereocenters. The summed E-state index contributed by atoms with van der Waals surface area (Å²) in [6, 6.07) is 5.30. The van der Waals surface area contributed by atoms with E-state index in [0.717, 1.165) is 5.92 Å². The molecule has 2 rings (SSSR count). The van der Waals surface area contributed by atoms with Crippen LogP contribution in [-0.2, 0) is 0 Å². The summed E-state index contributed by atoms with van der Waals surface area (Å²) in [4.78, 5) is 4.20. The average Bonchev–Trinajstić information content (AvgIpc) is 2.40. The summed E-state index contributed by atoms with van der Waals surface area (Å²) < 4.78 is 0. The van der Waals surface area contributed by atoms with Crippen molar-refractivity contribution < 1.29 is 0 Å². The van der Waals surface area contributed by atoms with Gasteiger partial charge in [0.1, 0.15) is 0 Å². The lowest BCUT2D eigenvalue weighted by atomic mass is 9.82. The first-order valence-electron chi connectivity index (χ1n) is 6.97. The first kappa shape index (κ1) is 12.6. The molecule has 3 atom stereocenters. The van der Waals surface area contributed by atoms with Gasteiger partial charge in [-0.25, -0.2) is 0 Å². The third kappa shape index (κ3) is 3.29. The van der Waals surface area contributed by atoms with Gasteiger partial charge in [0.05, 0.1) is 0 Å². The molecule has 0 saturated heterocycles. The van der Waals surface area contributed by atoms with E-state index in [9.17, 15) is 0 Å². The molecule has 2 nitrogen and oxygen atoms in total. The maximum Gasteiger partial charge on any atom is 0.0315 e. The van der Waals surface area contributed by atoms with Gasteiger partial charge in [0.25, 0.3) is 0 Å². The molecule has 0 spiro atoms. The van der Waals surface area contributed by atoms with Crippen LogP contribution in [0.4, 0.5) is 0 Å². The molecule has 0 amide bonds. The Bertz CT molecular complexity index is 323. The molecule has 1 aliphatic carbocycles. The summed E-state index contributed by atoms with van der Waals surface area (Å²) in [5.74, 6) is 0.864. The first-order chi connectivity index (χ1) is 8.31. The fraction of sp³-hybridized carbons (Fsp3) is 0.667. The maximum atomic E-state index is 4.20. The molecule has 0 bridgehead atoms. The van der Waals surface area contributed by atoms with Crippen LogP contribution >= 0.6 is 0 Å². The third-order valence-electron chi connectivity index (χ3n) is 4.08. The minimum Gasteiger partial charge on any atom is -0.307 e. The monoisotopic (exact) mass is 232 g/mol. The highest BCUT2D eigenvalue weighted by molar-refractivity contribution is 5.13. The number of nitrogens with one attached hydrogen (secondary N) is 1. The number of pyridine rings is 1. The lowest BCUT2D eigenvalue weighted by Crippen LogP contribution is -2.39. The van der Waals surface area contributed by atoms with Gasteiger partial charge in [-0.3, -0.25) is 4.98 Å².